The van der Waals surface area contributed by atoms with Crippen molar-refractivity contribution in [2.24, 2.45) is 0 Å². The Kier molecular flexibility index (Phi) is 8.09. The van der Waals surface area contributed by atoms with Crippen LogP contribution in [0.3, 0.4) is 0 Å². The number of rotatable bonds is 9. The fraction of sp³-hybridized carbons (Fsp3) is 0.562. The molecular weight excluding hydrogens is 270 g/mol. The minimum absolute atomic E-state index is 0.133. The highest BCUT2D eigenvalue weighted by Gasteiger charge is 2.14. The maximum atomic E-state index is 11.8. The second-order valence-corrected chi connectivity index (χ2v) is 4.74. The van der Waals surface area contributed by atoms with Gasteiger partial charge in [0.2, 0.25) is 0 Å². The average molecular weight is 293 g/mol. The highest BCUT2D eigenvalue weighted by atomic mass is 16.5. The molecule has 0 amide bonds. The van der Waals surface area contributed by atoms with Gasteiger partial charge in [-0.25, -0.2) is 14.6 Å². The van der Waals surface area contributed by atoms with E-state index < -0.39 is 11.9 Å². The highest BCUT2D eigenvalue weighted by molar-refractivity contribution is 5.91. The number of aromatic nitrogens is 1. The van der Waals surface area contributed by atoms with Crippen molar-refractivity contribution in [3.05, 3.63) is 29.6 Å². The molecule has 0 saturated carbocycles. The molecule has 0 radical (unpaired) electrons. The highest BCUT2D eigenvalue weighted by Crippen LogP contribution is 2.05. The maximum absolute atomic E-state index is 11.8. The number of nitrogens with zero attached hydrogens (tertiary/aromatic N) is 1. The molecule has 1 heterocycles. The first-order valence-corrected chi connectivity index (χ1v) is 7.50. The molecule has 5 heteroatoms. The Hall–Kier alpha value is -1.91. The quantitative estimate of drug-likeness (QED) is 0.516. The molecule has 1 aromatic heterocycles. The third-order valence-corrected chi connectivity index (χ3v) is 2.88. The zero-order valence-corrected chi connectivity index (χ0v) is 12.8. The van der Waals surface area contributed by atoms with Gasteiger partial charge in [-0.15, -0.1) is 0 Å². The van der Waals surface area contributed by atoms with Crippen molar-refractivity contribution in [2.45, 2.75) is 46.0 Å². The van der Waals surface area contributed by atoms with Crippen LogP contribution in [-0.2, 0) is 9.47 Å². The zero-order chi connectivity index (χ0) is 15.5. The van der Waals surface area contributed by atoms with Gasteiger partial charge in [-0.1, -0.05) is 39.2 Å². The summed E-state index contributed by atoms with van der Waals surface area (Å²) in [5.41, 5.74) is 0.269. The normalized spacial score (nSPS) is 10.2. The number of ether oxygens (including phenoxy) is 2. The van der Waals surface area contributed by atoms with Crippen molar-refractivity contribution in [1.82, 2.24) is 4.98 Å². The van der Waals surface area contributed by atoms with Crippen molar-refractivity contribution < 1.29 is 19.1 Å². The van der Waals surface area contributed by atoms with Crippen LogP contribution in [0.2, 0.25) is 0 Å². The molecule has 0 spiro atoms. The standard InChI is InChI=1S/C16H23NO4/c1-3-5-7-12-21-16(19)14-10-8-9-13(17-14)15(18)20-11-6-4-2/h8-10H,3-7,11-12H2,1-2H3. The summed E-state index contributed by atoms with van der Waals surface area (Å²) in [5.74, 6) is -1.02. The lowest BCUT2D eigenvalue weighted by Gasteiger charge is -2.06. The van der Waals surface area contributed by atoms with Gasteiger partial charge < -0.3 is 9.47 Å². The minimum atomic E-state index is -0.510. The molecule has 0 saturated heterocycles. The SMILES string of the molecule is CCCCCOC(=O)c1cccc(C(=O)OCCCC)n1. The monoisotopic (exact) mass is 293 g/mol. The van der Waals surface area contributed by atoms with Crippen LogP contribution in [0.1, 0.15) is 66.9 Å². The average Bonchev–Trinajstić information content (AvgIpc) is 2.51. The summed E-state index contributed by atoms with van der Waals surface area (Å²) in [4.78, 5) is 27.6. The van der Waals surface area contributed by atoms with Gasteiger partial charge in [0.05, 0.1) is 13.2 Å². The second-order valence-electron chi connectivity index (χ2n) is 4.74. The van der Waals surface area contributed by atoms with Crippen molar-refractivity contribution in [1.29, 1.82) is 0 Å². The molecule has 0 aliphatic heterocycles. The fourth-order valence-electron chi connectivity index (χ4n) is 1.64. The molecule has 0 atom stereocenters. The Morgan fingerprint density at radius 1 is 0.905 bits per heavy atom. The summed E-state index contributed by atoms with van der Waals surface area (Å²) in [5, 5.41) is 0. The van der Waals surface area contributed by atoms with E-state index >= 15 is 0 Å². The number of hydrogen-bond acceptors (Lipinski definition) is 5. The summed E-state index contributed by atoms with van der Waals surface area (Å²) in [6.45, 7) is 4.83. The van der Waals surface area contributed by atoms with Crippen LogP contribution in [0, 0.1) is 0 Å². The first kappa shape index (κ1) is 17.1. The third kappa shape index (κ3) is 6.38. The number of carbonyl (C=O) groups is 2. The largest absolute Gasteiger partial charge is 0.461 e. The lowest BCUT2D eigenvalue weighted by atomic mass is 10.2. The Balaban J connectivity index is 2.54. The van der Waals surface area contributed by atoms with Gasteiger partial charge in [0.15, 0.2) is 0 Å². The lowest BCUT2D eigenvalue weighted by molar-refractivity contribution is 0.0483. The van der Waals surface area contributed by atoms with E-state index in [9.17, 15) is 9.59 Å². The van der Waals surface area contributed by atoms with Gasteiger partial charge >= 0.3 is 11.9 Å². The smallest absolute Gasteiger partial charge is 0.356 e. The minimum Gasteiger partial charge on any atom is -0.461 e. The van der Waals surface area contributed by atoms with Crippen molar-refractivity contribution in [3.8, 4) is 0 Å². The van der Waals surface area contributed by atoms with Gasteiger partial charge in [-0.2, -0.15) is 0 Å². The number of hydrogen-bond donors (Lipinski definition) is 0. The Labute approximate surface area is 125 Å². The van der Waals surface area contributed by atoms with Crippen LogP contribution in [0.4, 0.5) is 0 Å². The Morgan fingerprint density at radius 2 is 1.43 bits per heavy atom. The van der Waals surface area contributed by atoms with Crippen molar-refractivity contribution in [3.63, 3.8) is 0 Å². The van der Waals surface area contributed by atoms with Crippen LogP contribution in [-0.4, -0.2) is 30.1 Å². The molecule has 1 aromatic rings. The van der Waals surface area contributed by atoms with E-state index in [1.54, 1.807) is 6.07 Å². The van der Waals surface area contributed by atoms with E-state index in [0.29, 0.717) is 13.2 Å². The topological polar surface area (TPSA) is 65.5 Å². The molecule has 0 bridgehead atoms. The number of unbranched alkanes of at least 4 members (excludes halogenated alkanes) is 3. The fourth-order valence-corrected chi connectivity index (χ4v) is 1.64. The zero-order valence-electron chi connectivity index (χ0n) is 12.8. The number of pyridine rings is 1. The third-order valence-electron chi connectivity index (χ3n) is 2.88. The second kappa shape index (κ2) is 9.91. The van der Waals surface area contributed by atoms with E-state index in [-0.39, 0.29) is 11.4 Å². The van der Waals surface area contributed by atoms with Crippen LogP contribution >= 0.6 is 0 Å². The van der Waals surface area contributed by atoms with Crippen LogP contribution in [0.15, 0.2) is 18.2 Å². The first-order chi connectivity index (χ1) is 10.2. The molecule has 0 N–H and O–H groups in total. The van der Waals surface area contributed by atoms with E-state index in [1.165, 1.54) is 12.1 Å². The molecule has 0 aliphatic carbocycles. The summed E-state index contributed by atoms with van der Waals surface area (Å²) < 4.78 is 10.2. The number of carbonyl (C=O) groups excluding carboxylic acids is 2. The van der Waals surface area contributed by atoms with Gasteiger partial charge in [0.1, 0.15) is 11.4 Å². The summed E-state index contributed by atoms with van der Waals surface area (Å²) in [6.07, 6.45) is 4.68. The molecule has 116 valence electrons. The van der Waals surface area contributed by atoms with E-state index in [4.69, 9.17) is 9.47 Å². The lowest BCUT2D eigenvalue weighted by Crippen LogP contribution is -2.13. The molecular formula is C16H23NO4. The van der Waals surface area contributed by atoms with E-state index in [1.807, 2.05) is 6.92 Å². The molecule has 1 rings (SSSR count). The van der Waals surface area contributed by atoms with Gasteiger partial charge in [-0.05, 0) is 25.0 Å². The Morgan fingerprint density at radius 3 is 1.95 bits per heavy atom. The molecule has 5 nitrogen and oxygen atoms in total. The molecule has 0 aliphatic rings. The summed E-state index contributed by atoms with van der Waals surface area (Å²) in [7, 11) is 0. The number of esters is 2. The van der Waals surface area contributed by atoms with Crippen LogP contribution < -0.4 is 0 Å². The van der Waals surface area contributed by atoms with Crippen molar-refractivity contribution >= 4 is 11.9 Å². The van der Waals surface area contributed by atoms with Gasteiger partial charge in [0.25, 0.3) is 0 Å². The molecule has 0 aromatic carbocycles. The molecule has 0 fully saturated rings. The Bertz CT molecular complexity index is 459. The summed E-state index contributed by atoms with van der Waals surface area (Å²) in [6, 6.07) is 4.67. The predicted molar refractivity (Wildman–Crippen MR) is 79.2 cm³/mol. The van der Waals surface area contributed by atoms with E-state index in [0.717, 1.165) is 32.1 Å². The van der Waals surface area contributed by atoms with Gasteiger partial charge in [-0.3, -0.25) is 0 Å². The predicted octanol–water partition coefficient (Wildman–Crippen LogP) is 3.39. The van der Waals surface area contributed by atoms with Gasteiger partial charge in [0, 0.05) is 0 Å². The first-order valence-electron chi connectivity index (χ1n) is 7.50. The van der Waals surface area contributed by atoms with Crippen LogP contribution in [0.5, 0.6) is 0 Å². The maximum Gasteiger partial charge on any atom is 0.356 e. The van der Waals surface area contributed by atoms with E-state index in [2.05, 4.69) is 11.9 Å². The molecule has 21 heavy (non-hydrogen) atoms. The molecule has 0 unspecified atom stereocenters. The summed E-state index contributed by atoms with van der Waals surface area (Å²) >= 11 is 0. The van der Waals surface area contributed by atoms with Crippen LogP contribution in [0.25, 0.3) is 0 Å². The van der Waals surface area contributed by atoms with Crippen molar-refractivity contribution in [2.75, 3.05) is 13.2 Å².